The fourth-order valence-corrected chi connectivity index (χ4v) is 2.98. The number of alkyl halides is 3. The highest BCUT2D eigenvalue weighted by Crippen LogP contribution is 2.34. The summed E-state index contributed by atoms with van der Waals surface area (Å²) in [4.78, 5) is 12.5. The minimum absolute atomic E-state index is 0.0303. The first-order valence-corrected chi connectivity index (χ1v) is 8.36. The quantitative estimate of drug-likeness (QED) is 0.560. The third-order valence-corrected chi connectivity index (χ3v) is 4.60. The van der Waals surface area contributed by atoms with Crippen LogP contribution in [0.5, 0.6) is 0 Å². The molecule has 1 atom stereocenters. The molecule has 2 aromatic carbocycles. The van der Waals surface area contributed by atoms with E-state index >= 15 is 0 Å². The summed E-state index contributed by atoms with van der Waals surface area (Å²) in [5.41, 5.74) is -0.184. The molecule has 0 aliphatic rings. The Hall–Kier alpha value is -2.18. The molecule has 0 aliphatic carbocycles. The van der Waals surface area contributed by atoms with Crippen LogP contribution < -0.4 is 5.32 Å². The first kappa shape index (κ1) is 18.6. The highest BCUT2D eigenvalue weighted by Gasteiger charge is 2.31. The molecule has 0 aliphatic heterocycles. The maximum atomic E-state index is 12.9. The van der Waals surface area contributed by atoms with Crippen molar-refractivity contribution in [1.82, 2.24) is 4.57 Å². The number of fused-ring (bicyclic) bond motifs is 1. The summed E-state index contributed by atoms with van der Waals surface area (Å²) in [7, 11) is 0. The first-order chi connectivity index (χ1) is 12.2. The summed E-state index contributed by atoms with van der Waals surface area (Å²) < 4.78 is 40.3. The van der Waals surface area contributed by atoms with Gasteiger partial charge in [-0.25, -0.2) is 0 Å². The van der Waals surface area contributed by atoms with Crippen LogP contribution in [-0.4, -0.2) is 10.5 Å². The molecule has 0 radical (unpaired) electrons. The number of rotatable bonds is 3. The molecule has 1 N–H and O–H groups in total. The van der Waals surface area contributed by atoms with Gasteiger partial charge in [-0.1, -0.05) is 23.2 Å². The molecule has 0 saturated carbocycles. The van der Waals surface area contributed by atoms with Crippen molar-refractivity contribution in [3.05, 3.63) is 64.3 Å². The van der Waals surface area contributed by atoms with Crippen LogP contribution >= 0.6 is 23.2 Å². The van der Waals surface area contributed by atoms with E-state index in [0.717, 1.165) is 29.1 Å². The summed E-state index contributed by atoms with van der Waals surface area (Å²) in [6, 6.07) is 9.18. The Balaban J connectivity index is 1.87. The molecule has 0 fully saturated rings. The molecule has 26 heavy (non-hydrogen) atoms. The number of hydrogen-bond acceptors (Lipinski definition) is 1. The minimum atomic E-state index is -4.52. The number of amides is 1. The number of carbonyl (C=O) groups excluding carboxylic acids is 1. The third kappa shape index (κ3) is 3.66. The van der Waals surface area contributed by atoms with Crippen LogP contribution in [0.15, 0.2) is 48.7 Å². The van der Waals surface area contributed by atoms with Crippen LogP contribution in [0.4, 0.5) is 18.9 Å². The van der Waals surface area contributed by atoms with Crippen LogP contribution in [0.25, 0.3) is 10.9 Å². The molecule has 8 heteroatoms. The van der Waals surface area contributed by atoms with Gasteiger partial charge in [0.15, 0.2) is 0 Å². The fourth-order valence-electron chi connectivity index (χ4n) is 2.63. The Bertz CT molecular complexity index is 982. The van der Waals surface area contributed by atoms with E-state index < -0.39 is 23.7 Å². The lowest BCUT2D eigenvalue weighted by atomic mass is 10.2. The van der Waals surface area contributed by atoms with E-state index in [2.05, 4.69) is 5.32 Å². The molecule has 3 aromatic rings. The second-order valence-corrected chi connectivity index (χ2v) is 6.63. The Morgan fingerprint density at radius 2 is 1.85 bits per heavy atom. The summed E-state index contributed by atoms with van der Waals surface area (Å²) >= 11 is 11.9. The number of nitrogens with zero attached hydrogens (tertiary/aromatic N) is 1. The van der Waals surface area contributed by atoms with E-state index in [-0.39, 0.29) is 10.7 Å². The van der Waals surface area contributed by atoms with Crippen LogP contribution in [0.1, 0.15) is 18.5 Å². The molecule has 0 spiro atoms. The Labute approximate surface area is 157 Å². The van der Waals surface area contributed by atoms with Crippen molar-refractivity contribution < 1.29 is 18.0 Å². The topological polar surface area (TPSA) is 34.0 Å². The molecule has 1 heterocycles. The molecule has 1 amide bonds. The number of benzene rings is 2. The van der Waals surface area contributed by atoms with Crippen molar-refractivity contribution in [2.24, 2.45) is 0 Å². The average molecular weight is 401 g/mol. The lowest BCUT2D eigenvalue weighted by Gasteiger charge is -2.17. The molecule has 136 valence electrons. The molecule has 1 aromatic heterocycles. The maximum Gasteiger partial charge on any atom is 0.416 e. The standard InChI is InChI=1S/C18H13Cl2F3N2O/c1-10(25-7-6-11-8-13(19)3-5-16(11)25)17(26)24-15-9-12(18(21,22)23)2-4-14(15)20/h2-10H,1H3,(H,24,26). The van der Waals surface area contributed by atoms with Gasteiger partial charge in [-0.05, 0) is 49.4 Å². The van der Waals surface area contributed by atoms with Gasteiger partial charge in [0.25, 0.3) is 0 Å². The zero-order chi connectivity index (χ0) is 19.1. The predicted molar refractivity (Wildman–Crippen MR) is 96.7 cm³/mol. The number of anilines is 1. The molecule has 0 bridgehead atoms. The van der Waals surface area contributed by atoms with Crippen molar-refractivity contribution in [2.75, 3.05) is 5.32 Å². The van der Waals surface area contributed by atoms with Gasteiger partial charge in [0.2, 0.25) is 5.91 Å². The van der Waals surface area contributed by atoms with Gasteiger partial charge in [-0.2, -0.15) is 13.2 Å². The van der Waals surface area contributed by atoms with Crippen LogP contribution in [0.2, 0.25) is 10.0 Å². The zero-order valence-electron chi connectivity index (χ0n) is 13.4. The van der Waals surface area contributed by atoms with Crippen molar-refractivity contribution in [1.29, 1.82) is 0 Å². The van der Waals surface area contributed by atoms with E-state index in [4.69, 9.17) is 23.2 Å². The van der Waals surface area contributed by atoms with Crippen molar-refractivity contribution in [2.45, 2.75) is 19.1 Å². The lowest BCUT2D eigenvalue weighted by molar-refractivity contribution is -0.137. The molecule has 1 unspecified atom stereocenters. The summed E-state index contributed by atoms with van der Waals surface area (Å²) in [6.07, 6.45) is -2.80. The summed E-state index contributed by atoms with van der Waals surface area (Å²) in [5, 5.41) is 3.93. The molecular weight excluding hydrogens is 388 g/mol. The van der Waals surface area contributed by atoms with Crippen molar-refractivity contribution in [3.63, 3.8) is 0 Å². The van der Waals surface area contributed by atoms with Gasteiger partial charge in [-0.3, -0.25) is 4.79 Å². The van der Waals surface area contributed by atoms with Gasteiger partial charge in [0.05, 0.1) is 16.3 Å². The van der Waals surface area contributed by atoms with Crippen molar-refractivity contribution in [3.8, 4) is 0 Å². The van der Waals surface area contributed by atoms with Crippen molar-refractivity contribution >= 4 is 45.7 Å². The molecule has 3 rings (SSSR count). The lowest BCUT2D eigenvalue weighted by Crippen LogP contribution is -2.23. The summed E-state index contributed by atoms with van der Waals surface area (Å²) in [5.74, 6) is -0.487. The van der Waals surface area contributed by atoms with E-state index in [9.17, 15) is 18.0 Å². The summed E-state index contributed by atoms with van der Waals surface area (Å²) in [6.45, 7) is 1.64. The number of hydrogen-bond donors (Lipinski definition) is 1. The predicted octanol–water partition coefficient (Wildman–Crippen LogP) is 6.17. The molecular formula is C18H13Cl2F3N2O. The second kappa shape index (κ2) is 6.85. The van der Waals surface area contributed by atoms with E-state index in [1.54, 1.807) is 35.9 Å². The van der Waals surface area contributed by atoms with Gasteiger partial charge >= 0.3 is 6.18 Å². The Morgan fingerprint density at radius 3 is 2.54 bits per heavy atom. The van der Waals surface area contributed by atoms with E-state index in [0.29, 0.717) is 5.02 Å². The number of halogens is 5. The Morgan fingerprint density at radius 1 is 1.12 bits per heavy atom. The third-order valence-electron chi connectivity index (χ3n) is 4.03. The SMILES string of the molecule is CC(C(=O)Nc1cc(C(F)(F)F)ccc1Cl)n1ccc2cc(Cl)ccc21. The monoisotopic (exact) mass is 400 g/mol. The van der Waals surface area contributed by atoms with Crippen LogP contribution in [-0.2, 0) is 11.0 Å². The van der Waals surface area contributed by atoms with Gasteiger partial charge < -0.3 is 9.88 Å². The fraction of sp³-hybridized carbons (Fsp3) is 0.167. The van der Waals surface area contributed by atoms with E-state index in [1.807, 2.05) is 6.07 Å². The normalized spacial score (nSPS) is 13.0. The average Bonchev–Trinajstić information content (AvgIpc) is 2.97. The van der Waals surface area contributed by atoms with Crippen LogP contribution in [0, 0.1) is 0 Å². The molecule has 0 saturated heterocycles. The highest BCUT2D eigenvalue weighted by atomic mass is 35.5. The van der Waals surface area contributed by atoms with E-state index in [1.165, 1.54) is 0 Å². The largest absolute Gasteiger partial charge is 0.416 e. The first-order valence-electron chi connectivity index (χ1n) is 7.60. The number of carbonyl (C=O) groups is 1. The van der Waals surface area contributed by atoms with Crippen LogP contribution in [0.3, 0.4) is 0 Å². The zero-order valence-corrected chi connectivity index (χ0v) is 15.0. The maximum absolute atomic E-state index is 12.9. The second-order valence-electron chi connectivity index (χ2n) is 5.78. The van der Waals surface area contributed by atoms with Gasteiger partial charge in [0.1, 0.15) is 6.04 Å². The van der Waals surface area contributed by atoms with Gasteiger partial charge in [-0.15, -0.1) is 0 Å². The number of aromatic nitrogens is 1. The minimum Gasteiger partial charge on any atom is -0.335 e. The molecule has 3 nitrogen and oxygen atoms in total. The smallest absolute Gasteiger partial charge is 0.335 e. The highest BCUT2D eigenvalue weighted by molar-refractivity contribution is 6.33. The van der Waals surface area contributed by atoms with Gasteiger partial charge in [0, 0.05) is 22.1 Å². The number of nitrogens with one attached hydrogen (secondary N) is 1. The Kier molecular flexibility index (Phi) is 4.90.